The fourth-order valence-electron chi connectivity index (χ4n) is 0.136. The minimum absolute atomic E-state index is 0. The van der Waals surface area contributed by atoms with Gasteiger partial charge in [0.1, 0.15) is 0 Å². The summed E-state index contributed by atoms with van der Waals surface area (Å²) < 4.78 is 0. The average molecular weight is 808 g/mol. The standard InChI is InChI=1S/2C3H7NO2S.4C2H7NS.Co.2Rh/c2*4-2(1-7)3(5)6;4*3-1-2-4;;;/h2*2,7H,1,4H2,(H,5,6);4*4H,1-3H2;;;/q;;;;;;3*+3/p-8/t2*2-;;;;;;;/m00......./s1. The van der Waals surface area contributed by atoms with E-state index in [2.05, 4.69) is 75.8 Å². The van der Waals surface area contributed by atoms with E-state index < -0.39 is 24.0 Å². The quantitative estimate of drug-likeness (QED) is 0.0988. The van der Waals surface area contributed by atoms with Gasteiger partial charge in [-0.1, -0.05) is 0 Å². The number of carbonyl (C=O) groups is 2. The summed E-state index contributed by atoms with van der Waals surface area (Å²) in [5.74, 6) is 0.190. The predicted molar refractivity (Wildman–Crippen MR) is 136 cm³/mol. The van der Waals surface area contributed by atoms with E-state index in [1.165, 1.54) is 0 Å². The van der Waals surface area contributed by atoms with Crippen molar-refractivity contribution in [3.63, 3.8) is 0 Å². The molecule has 0 rings (SSSR count). The molecule has 0 aromatic carbocycles. The van der Waals surface area contributed by atoms with Crippen LogP contribution >= 0.6 is 0 Å². The Bertz CT molecular complexity index is 289. The third-order valence-corrected chi connectivity index (χ3v) is 3.10. The normalized spacial score (nSPS) is 9.33. The minimum atomic E-state index is -1.28. The summed E-state index contributed by atoms with van der Waals surface area (Å²) in [6.07, 6.45) is 0. The van der Waals surface area contributed by atoms with Crippen molar-refractivity contribution in [1.29, 1.82) is 0 Å². The number of hydrogen-bond donors (Lipinski definition) is 6. The van der Waals surface area contributed by atoms with Crippen LogP contribution in [0.1, 0.15) is 0 Å². The monoisotopic (exact) mass is 807 g/mol. The molecule has 206 valence electrons. The van der Waals surface area contributed by atoms with Crippen LogP contribution in [0.15, 0.2) is 0 Å². The molecule has 0 radical (unpaired) electrons. The molecule has 0 aliphatic heterocycles. The molecule has 0 fully saturated rings. The summed E-state index contributed by atoms with van der Waals surface area (Å²) in [4.78, 5) is 19.3. The summed E-state index contributed by atoms with van der Waals surface area (Å²) in [6, 6.07) is -1.95. The molecule has 2 atom stereocenters. The summed E-state index contributed by atoms with van der Waals surface area (Å²) in [5, 5.41) is 19.3. The van der Waals surface area contributed by atoms with Crippen LogP contribution < -0.4 is 44.6 Å². The Kier molecular flexibility index (Phi) is 118. The molecule has 0 aliphatic rings. The van der Waals surface area contributed by atoms with E-state index in [1.54, 1.807) is 0 Å². The molecule has 0 unspecified atom stereocenters. The molecule has 0 amide bonds. The second-order valence-corrected chi connectivity index (χ2v) is 6.46. The van der Waals surface area contributed by atoms with Gasteiger partial charge < -0.3 is 130 Å². The number of carboxylic acids is 2. The van der Waals surface area contributed by atoms with Gasteiger partial charge in [0.2, 0.25) is 0 Å². The molecule has 0 bridgehead atoms. The van der Waals surface area contributed by atoms with Gasteiger partial charge in [-0.05, 0) is 26.2 Å². The van der Waals surface area contributed by atoms with Crippen molar-refractivity contribution < 1.29 is 75.5 Å². The van der Waals surface area contributed by atoms with Crippen molar-refractivity contribution >= 4 is 87.7 Å². The van der Waals surface area contributed by atoms with E-state index in [-0.39, 0.29) is 67.2 Å². The van der Waals surface area contributed by atoms with E-state index in [0.717, 1.165) is 0 Å². The predicted octanol–water partition coefficient (Wildman–Crippen LogP) is -6.82. The largest absolute Gasteiger partial charge is 3.00 e. The van der Waals surface area contributed by atoms with Crippen LogP contribution in [0.4, 0.5) is 0 Å². The Morgan fingerprint density at radius 1 is 0.576 bits per heavy atom. The second kappa shape index (κ2) is 64.5. The van der Waals surface area contributed by atoms with Gasteiger partial charge >= 0.3 is 55.7 Å². The first-order valence-corrected chi connectivity index (χ1v) is 11.7. The van der Waals surface area contributed by atoms with Crippen molar-refractivity contribution in [2.45, 2.75) is 12.1 Å². The van der Waals surface area contributed by atoms with E-state index in [4.69, 9.17) is 34.4 Å². The molecule has 12 N–H and O–H groups in total. The zero-order valence-electron chi connectivity index (χ0n) is 17.8. The van der Waals surface area contributed by atoms with Gasteiger partial charge in [-0.2, -0.15) is 34.5 Å². The number of nitrogens with two attached hydrogens (primary N) is 6. The van der Waals surface area contributed by atoms with Crippen molar-refractivity contribution in [3.05, 3.63) is 0 Å². The van der Waals surface area contributed by atoms with Crippen LogP contribution in [-0.4, -0.2) is 84.7 Å². The molecule has 0 saturated carbocycles. The minimum Gasteiger partial charge on any atom is -0.791 e. The van der Waals surface area contributed by atoms with Crippen LogP contribution in [0.25, 0.3) is 0 Å². The van der Waals surface area contributed by atoms with Gasteiger partial charge in [-0.15, -0.1) is 0 Å². The second-order valence-electron chi connectivity index (χ2n) is 4.16. The van der Waals surface area contributed by atoms with E-state index >= 15 is 0 Å². The van der Waals surface area contributed by atoms with Crippen LogP contribution in [-0.2, 0) is 141 Å². The molecule has 0 aliphatic carbocycles. The van der Waals surface area contributed by atoms with E-state index in [9.17, 15) is 19.8 Å². The molecule has 0 spiro atoms. The van der Waals surface area contributed by atoms with Gasteiger partial charge in [-0.25, -0.2) is 0 Å². The Labute approximate surface area is 267 Å². The Morgan fingerprint density at radius 2 is 0.697 bits per heavy atom. The zero-order chi connectivity index (χ0) is 25.4. The number of carboxylic acid groups (broad SMARTS) is 2. The number of hydrogen-bond acceptors (Lipinski definition) is 16. The van der Waals surface area contributed by atoms with Crippen molar-refractivity contribution in [1.82, 2.24) is 0 Å². The molecular formula is C14H34CoN6O4Rh2S6+. The average Bonchev–Trinajstić information content (AvgIpc) is 2.78. The number of carbonyl (C=O) groups excluding carboxylic acids is 2. The summed E-state index contributed by atoms with van der Waals surface area (Å²) in [6.45, 7) is 2.54. The number of rotatable bonds is 8. The number of aliphatic carboxylic acids is 2. The maximum Gasteiger partial charge on any atom is 3.00 e. The topological polar surface area (TPSA) is 236 Å². The summed E-state index contributed by atoms with van der Waals surface area (Å²) in [5.41, 5.74) is 29.4. The SMILES string of the molecule is NCC[S-].NCC[S-].NCC[S-].NCC[S-].N[C@@H](C[S-])C(=O)[O-].N[C@@H](C[S-])C(=O)[O-].[Co+3].[Rh+3].[Rh+3]. The summed E-state index contributed by atoms with van der Waals surface area (Å²) >= 11 is 26.3. The Hall–Kier alpha value is 2.55. The van der Waals surface area contributed by atoms with E-state index in [1.807, 2.05) is 0 Å². The van der Waals surface area contributed by atoms with Gasteiger partial charge in [0.25, 0.3) is 0 Å². The maximum absolute atomic E-state index is 9.63. The van der Waals surface area contributed by atoms with Crippen molar-refractivity contribution in [3.8, 4) is 0 Å². The van der Waals surface area contributed by atoms with Crippen molar-refractivity contribution in [2.24, 2.45) is 34.4 Å². The van der Waals surface area contributed by atoms with Crippen LogP contribution in [0, 0.1) is 0 Å². The fourth-order valence-corrected chi connectivity index (χ4v) is 0.408. The van der Waals surface area contributed by atoms with Gasteiger partial charge in [0, 0.05) is 12.1 Å². The maximum atomic E-state index is 9.63. The molecule has 0 aromatic heterocycles. The third kappa shape index (κ3) is 106. The molecule has 10 nitrogen and oxygen atoms in total. The first-order chi connectivity index (χ1) is 14.0. The van der Waals surface area contributed by atoms with Gasteiger partial charge in [0.05, 0.1) is 11.9 Å². The first kappa shape index (κ1) is 60.2. The van der Waals surface area contributed by atoms with Crippen molar-refractivity contribution in [2.75, 3.05) is 60.7 Å². The Morgan fingerprint density at radius 3 is 0.697 bits per heavy atom. The first-order valence-electron chi connectivity index (χ1n) is 8.24. The van der Waals surface area contributed by atoms with Crippen LogP contribution in [0.3, 0.4) is 0 Å². The van der Waals surface area contributed by atoms with Crippen LogP contribution in [0.2, 0.25) is 0 Å². The third-order valence-electron chi connectivity index (χ3n) is 1.44. The molecule has 33 heavy (non-hydrogen) atoms. The smallest absolute Gasteiger partial charge is 0.791 e. The molecule has 0 saturated heterocycles. The molecule has 0 aromatic rings. The van der Waals surface area contributed by atoms with Gasteiger partial charge in [0.15, 0.2) is 0 Å². The molecule has 0 heterocycles. The zero-order valence-corrected chi connectivity index (χ0v) is 27.0. The van der Waals surface area contributed by atoms with Gasteiger partial charge in [-0.3, -0.25) is 0 Å². The molecule has 19 heteroatoms. The summed E-state index contributed by atoms with van der Waals surface area (Å²) in [7, 11) is 0. The molecular weight excluding hydrogens is 773 g/mol. The van der Waals surface area contributed by atoms with E-state index in [0.29, 0.717) is 49.2 Å². The Balaban J connectivity index is -0.0000000300. The fraction of sp³-hybridized carbons (Fsp3) is 0.857. The van der Waals surface area contributed by atoms with Crippen LogP contribution in [0.5, 0.6) is 0 Å².